The van der Waals surface area contributed by atoms with Gasteiger partial charge in [-0.15, -0.1) is 5.10 Å². The van der Waals surface area contributed by atoms with E-state index in [2.05, 4.69) is 27.3 Å². The van der Waals surface area contributed by atoms with Crippen LogP contribution in [0.5, 0.6) is 11.8 Å². The van der Waals surface area contributed by atoms with Crippen LogP contribution in [0, 0.1) is 5.92 Å². The van der Waals surface area contributed by atoms with Crippen molar-refractivity contribution in [2.45, 2.75) is 31.8 Å². The fraction of sp³-hybridized carbons (Fsp3) is 0.471. The molecule has 3 fully saturated rings. The Hall–Kier alpha value is -2.41. The van der Waals surface area contributed by atoms with Crippen LogP contribution in [0.25, 0.3) is 0 Å². The van der Waals surface area contributed by atoms with Crippen molar-refractivity contribution < 1.29 is 13.9 Å². The van der Waals surface area contributed by atoms with E-state index in [4.69, 9.17) is 9.15 Å². The van der Waals surface area contributed by atoms with Gasteiger partial charge in [0.2, 0.25) is 6.39 Å². The summed E-state index contributed by atoms with van der Waals surface area (Å²) >= 11 is 0. The quantitative estimate of drug-likeness (QED) is 0.925. The normalized spacial score (nSPS) is 28.5. The number of nitrogens with zero attached hydrogens (tertiary/aromatic N) is 3. The lowest BCUT2D eigenvalue weighted by Crippen LogP contribution is -2.62. The van der Waals surface area contributed by atoms with Crippen molar-refractivity contribution in [3.05, 3.63) is 36.2 Å². The van der Waals surface area contributed by atoms with Crippen molar-refractivity contribution >= 4 is 5.91 Å². The predicted molar refractivity (Wildman–Crippen MR) is 85.8 cm³/mol. The van der Waals surface area contributed by atoms with Gasteiger partial charge in [-0.2, -0.15) is 0 Å². The number of piperidine rings is 3. The molecular weight excluding hydrogens is 308 g/mol. The number of aromatic nitrogens is 2. The lowest BCUT2D eigenvalue weighted by molar-refractivity contribution is 0.0217. The van der Waals surface area contributed by atoms with Crippen LogP contribution in [0.3, 0.4) is 0 Å². The first kappa shape index (κ1) is 15.1. The van der Waals surface area contributed by atoms with Crippen molar-refractivity contribution in [3.8, 4) is 11.8 Å². The van der Waals surface area contributed by atoms with Gasteiger partial charge < -0.3 is 14.5 Å². The zero-order valence-electron chi connectivity index (χ0n) is 13.5. The van der Waals surface area contributed by atoms with E-state index in [1.807, 2.05) is 0 Å². The van der Waals surface area contributed by atoms with E-state index in [-0.39, 0.29) is 18.0 Å². The molecule has 0 saturated carbocycles. The van der Waals surface area contributed by atoms with Crippen LogP contribution < -0.4 is 10.1 Å². The third-order valence-electron chi connectivity index (χ3n) is 5.14. The highest BCUT2D eigenvalue weighted by molar-refractivity contribution is 5.94. The van der Waals surface area contributed by atoms with Gasteiger partial charge in [0.1, 0.15) is 5.75 Å². The summed E-state index contributed by atoms with van der Waals surface area (Å²) in [4.78, 5) is 15.0. The molecule has 7 nitrogen and oxygen atoms in total. The second-order valence-corrected chi connectivity index (χ2v) is 6.44. The van der Waals surface area contributed by atoms with Crippen LogP contribution in [0.4, 0.5) is 0 Å². The first-order valence-corrected chi connectivity index (χ1v) is 8.30. The summed E-state index contributed by atoms with van der Waals surface area (Å²) in [6.45, 7) is 4.51. The van der Waals surface area contributed by atoms with Gasteiger partial charge in [0.25, 0.3) is 5.91 Å². The van der Waals surface area contributed by atoms with Crippen LogP contribution in [-0.4, -0.2) is 46.2 Å². The molecule has 126 valence electrons. The Morgan fingerprint density at radius 1 is 1.29 bits per heavy atom. The SMILES string of the molecule is C[C@H]1[C@H](NC(=O)c2ccc(Oc3nnco3)cc2)C2CCN1CC2. The van der Waals surface area contributed by atoms with E-state index in [1.165, 1.54) is 19.2 Å². The standard InChI is InChI=1S/C17H20N4O3/c1-11-15(12-6-8-21(11)9-7-12)19-16(22)13-2-4-14(5-3-13)24-17-20-18-10-23-17/h2-5,10-12,15H,6-9H2,1H3,(H,19,22)/t11-,15-/m0/s1. The first-order chi connectivity index (χ1) is 11.7. The third kappa shape index (κ3) is 2.87. The molecule has 2 aromatic rings. The molecule has 3 aliphatic rings. The summed E-state index contributed by atoms with van der Waals surface area (Å²) in [7, 11) is 0. The molecule has 24 heavy (non-hydrogen) atoms. The molecule has 7 heteroatoms. The zero-order chi connectivity index (χ0) is 16.5. The lowest BCUT2D eigenvalue weighted by Gasteiger charge is -2.49. The number of rotatable bonds is 4. The Kier molecular flexibility index (Phi) is 3.93. The van der Waals surface area contributed by atoms with Gasteiger partial charge in [0.15, 0.2) is 0 Å². The smallest absolute Gasteiger partial charge is 0.410 e. The molecule has 2 atom stereocenters. The fourth-order valence-corrected chi connectivity index (χ4v) is 3.76. The molecule has 5 rings (SSSR count). The number of ether oxygens (including phenoxy) is 1. The van der Waals surface area contributed by atoms with Gasteiger partial charge in [0.05, 0.1) is 0 Å². The second-order valence-electron chi connectivity index (χ2n) is 6.44. The number of carbonyl (C=O) groups is 1. The number of carbonyl (C=O) groups excluding carboxylic acids is 1. The average Bonchev–Trinajstić information content (AvgIpc) is 3.12. The highest BCUT2D eigenvalue weighted by atomic mass is 16.6. The molecule has 0 unspecified atom stereocenters. The van der Waals surface area contributed by atoms with Crippen molar-refractivity contribution in [1.29, 1.82) is 0 Å². The van der Waals surface area contributed by atoms with Crippen LogP contribution >= 0.6 is 0 Å². The summed E-state index contributed by atoms with van der Waals surface area (Å²) in [5.41, 5.74) is 0.622. The van der Waals surface area contributed by atoms with E-state index in [1.54, 1.807) is 24.3 Å². The summed E-state index contributed by atoms with van der Waals surface area (Å²) in [5.74, 6) is 1.10. The van der Waals surface area contributed by atoms with E-state index in [0.717, 1.165) is 13.1 Å². The van der Waals surface area contributed by atoms with Gasteiger partial charge in [0, 0.05) is 17.6 Å². The number of nitrogens with one attached hydrogen (secondary N) is 1. The third-order valence-corrected chi connectivity index (χ3v) is 5.14. The van der Waals surface area contributed by atoms with Gasteiger partial charge in [-0.3, -0.25) is 9.69 Å². The average molecular weight is 328 g/mol. The summed E-state index contributed by atoms with van der Waals surface area (Å²) in [6, 6.07) is 7.56. The topological polar surface area (TPSA) is 80.5 Å². The predicted octanol–water partition coefficient (Wildman–Crippen LogP) is 2.07. The maximum Gasteiger partial charge on any atom is 0.420 e. The minimum atomic E-state index is -0.0371. The minimum absolute atomic E-state index is 0.0371. The maximum atomic E-state index is 12.6. The summed E-state index contributed by atoms with van der Waals surface area (Å²) in [6.07, 6.45) is 3.62. The van der Waals surface area contributed by atoms with Crippen molar-refractivity contribution in [3.63, 3.8) is 0 Å². The second kappa shape index (κ2) is 6.24. The highest BCUT2D eigenvalue weighted by Crippen LogP contribution is 2.32. The molecule has 0 spiro atoms. The number of benzene rings is 1. The minimum Gasteiger partial charge on any atom is -0.410 e. The van der Waals surface area contributed by atoms with Gasteiger partial charge >= 0.3 is 6.08 Å². The van der Waals surface area contributed by atoms with E-state index in [9.17, 15) is 4.79 Å². The van der Waals surface area contributed by atoms with Crippen LogP contribution in [-0.2, 0) is 0 Å². The Morgan fingerprint density at radius 2 is 2.04 bits per heavy atom. The van der Waals surface area contributed by atoms with Crippen LogP contribution in [0.15, 0.2) is 35.1 Å². The van der Waals surface area contributed by atoms with E-state index in [0.29, 0.717) is 23.3 Å². The molecule has 3 aliphatic heterocycles. The van der Waals surface area contributed by atoms with Crippen molar-refractivity contribution in [1.82, 2.24) is 20.4 Å². The van der Waals surface area contributed by atoms with Crippen molar-refractivity contribution in [2.75, 3.05) is 13.1 Å². The molecule has 1 aromatic carbocycles. The Labute approximate surface area is 140 Å². The number of fused-ring (bicyclic) bond motifs is 3. The molecule has 1 amide bonds. The van der Waals surface area contributed by atoms with Crippen LogP contribution in [0.1, 0.15) is 30.1 Å². The molecule has 2 bridgehead atoms. The number of hydrogen-bond donors (Lipinski definition) is 1. The molecule has 3 saturated heterocycles. The Balaban J connectivity index is 1.41. The molecule has 1 N–H and O–H groups in total. The van der Waals surface area contributed by atoms with Gasteiger partial charge in [-0.1, -0.05) is 5.10 Å². The summed E-state index contributed by atoms with van der Waals surface area (Å²) < 4.78 is 10.3. The zero-order valence-corrected chi connectivity index (χ0v) is 13.5. The fourth-order valence-electron chi connectivity index (χ4n) is 3.76. The molecule has 4 heterocycles. The molecule has 0 aliphatic carbocycles. The molecule has 0 radical (unpaired) electrons. The summed E-state index contributed by atoms with van der Waals surface area (Å²) in [5, 5.41) is 10.4. The number of amides is 1. The van der Waals surface area contributed by atoms with E-state index >= 15 is 0 Å². The van der Waals surface area contributed by atoms with Crippen LogP contribution in [0.2, 0.25) is 0 Å². The monoisotopic (exact) mass is 328 g/mol. The van der Waals surface area contributed by atoms with Crippen molar-refractivity contribution in [2.24, 2.45) is 5.92 Å². The lowest BCUT2D eigenvalue weighted by atomic mass is 9.79. The maximum absolute atomic E-state index is 12.6. The van der Waals surface area contributed by atoms with E-state index < -0.39 is 0 Å². The molecular formula is C17H20N4O3. The van der Waals surface area contributed by atoms with Gasteiger partial charge in [-0.25, -0.2) is 0 Å². The molecule has 1 aromatic heterocycles. The largest absolute Gasteiger partial charge is 0.420 e. The Bertz CT molecular complexity index is 691. The first-order valence-electron chi connectivity index (χ1n) is 8.30. The van der Waals surface area contributed by atoms with Gasteiger partial charge in [-0.05, 0) is 63.0 Å². The Morgan fingerprint density at radius 3 is 2.67 bits per heavy atom. The highest BCUT2D eigenvalue weighted by Gasteiger charge is 2.40. The number of hydrogen-bond acceptors (Lipinski definition) is 6.